The predicted octanol–water partition coefficient (Wildman–Crippen LogP) is 2.78. The molecule has 0 bridgehead atoms. The van der Waals surface area contributed by atoms with E-state index in [2.05, 4.69) is 10.3 Å². The number of aromatic nitrogens is 1. The van der Waals surface area contributed by atoms with E-state index < -0.39 is 32.2 Å². The maximum Gasteiger partial charge on any atom is 0.501 e. The SMILES string of the molecule is CCNc1cnccc1CN1CC(=O)N(c2ccc(S(=O)(=O)C(F)(F)F)cc2)C1=O. The lowest BCUT2D eigenvalue weighted by Gasteiger charge is -2.19. The first kappa shape index (κ1) is 21.6. The summed E-state index contributed by atoms with van der Waals surface area (Å²) in [7, 11) is -5.52. The minimum Gasteiger partial charge on any atom is -0.384 e. The fraction of sp³-hybridized carbons (Fsp3) is 0.278. The monoisotopic (exact) mass is 442 g/mol. The first-order valence-electron chi connectivity index (χ1n) is 8.76. The number of imide groups is 1. The Morgan fingerprint density at radius 1 is 1.13 bits per heavy atom. The lowest BCUT2D eigenvalue weighted by Crippen LogP contribution is -2.33. The van der Waals surface area contributed by atoms with Gasteiger partial charge >= 0.3 is 11.5 Å². The highest BCUT2D eigenvalue weighted by atomic mass is 32.2. The number of carbonyl (C=O) groups is 2. The first-order valence-corrected chi connectivity index (χ1v) is 10.2. The predicted molar refractivity (Wildman–Crippen MR) is 101 cm³/mol. The number of urea groups is 1. The molecule has 1 saturated heterocycles. The third-order valence-corrected chi connectivity index (χ3v) is 5.89. The van der Waals surface area contributed by atoms with E-state index in [9.17, 15) is 31.2 Å². The molecule has 12 heteroatoms. The normalized spacial score (nSPS) is 15.1. The van der Waals surface area contributed by atoms with Gasteiger partial charge in [-0.05, 0) is 42.8 Å². The average molecular weight is 442 g/mol. The molecule has 3 rings (SSSR count). The third-order valence-electron chi connectivity index (χ3n) is 4.39. The fourth-order valence-electron chi connectivity index (χ4n) is 2.95. The number of rotatable bonds is 6. The summed E-state index contributed by atoms with van der Waals surface area (Å²) in [5, 5.41) is 3.10. The second-order valence-electron chi connectivity index (χ2n) is 6.37. The molecule has 0 unspecified atom stereocenters. The number of hydrogen-bond acceptors (Lipinski definition) is 6. The van der Waals surface area contributed by atoms with E-state index >= 15 is 0 Å². The Kier molecular flexibility index (Phi) is 5.70. The van der Waals surface area contributed by atoms with Crippen LogP contribution in [0.1, 0.15) is 12.5 Å². The Hall–Kier alpha value is -3.15. The van der Waals surface area contributed by atoms with Crippen LogP contribution >= 0.6 is 0 Å². The van der Waals surface area contributed by atoms with Crippen LogP contribution in [0.4, 0.5) is 29.3 Å². The van der Waals surface area contributed by atoms with Crippen molar-refractivity contribution in [1.82, 2.24) is 9.88 Å². The third kappa shape index (κ3) is 3.95. The number of benzene rings is 1. The molecular formula is C18H17F3N4O4S. The van der Waals surface area contributed by atoms with Crippen molar-refractivity contribution >= 4 is 33.2 Å². The second-order valence-corrected chi connectivity index (χ2v) is 8.32. The maximum absolute atomic E-state index is 12.7. The lowest BCUT2D eigenvalue weighted by atomic mass is 10.2. The Balaban J connectivity index is 1.82. The molecule has 2 aromatic rings. The van der Waals surface area contributed by atoms with Crippen LogP contribution in [0.25, 0.3) is 0 Å². The lowest BCUT2D eigenvalue weighted by molar-refractivity contribution is -0.116. The summed E-state index contributed by atoms with van der Waals surface area (Å²) in [5.74, 6) is -0.578. The van der Waals surface area contributed by atoms with Crippen LogP contribution < -0.4 is 10.2 Å². The first-order chi connectivity index (χ1) is 14.1. The van der Waals surface area contributed by atoms with Gasteiger partial charge in [0.15, 0.2) is 0 Å². The molecule has 8 nitrogen and oxygen atoms in total. The Morgan fingerprint density at radius 3 is 2.40 bits per heavy atom. The van der Waals surface area contributed by atoms with E-state index in [-0.39, 0.29) is 18.8 Å². The quantitative estimate of drug-likeness (QED) is 0.691. The largest absolute Gasteiger partial charge is 0.501 e. The number of alkyl halides is 3. The number of sulfone groups is 1. The minimum absolute atomic E-state index is 0.0183. The Morgan fingerprint density at radius 2 is 1.80 bits per heavy atom. The average Bonchev–Trinajstić information content (AvgIpc) is 2.96. The van der Waals surface area contributed by atoms with E-state index in [4.69, 9.17) is 0 Å². The molecule has 0 saturated carbocycles. The molecule has 1 aromatic heterocycles. The highest BCUT2D eigenvalue weighted by molar-refractivity contribution is 7.92. The molecule has 0 radical (unpaired) electrons. The maximum atomic E-state index is 12.7. The van der Waals surface area contributed by atoms with Crippen molar-refractivity contribution in [3.63, 3.8) is 0 Å². The van der Waals surface area contributed by atoms with Crippen LogP contribution in [-0.4, -0.2) is 48.8 Å². The van der Waals surface area contributed by atoms with E-state index in [1.54, 1.807) is 18.5 Å². The van der Waals surface area contributed by atoms with Gasteiger partial charge in [-0.2, -0.15) is 13.2 Å². The molecule has 1 N–H and O–H groups in total. The van der Waals surface area contributed by atoms with Crippen molar-refractivity contribution in [2.24, 2.45) is 0 Å². The van der Waals surface area contributed by atoms with Gasteiger partial charge in [-0.1, -0.05) is 0 Å². The topological polar surface area (TPSA) is 99.7 Å². The van der Waals surface area contributed by atoms with Gasteiger partial charge < -0.3 is 10.2 Å². The zero-order valence-corrected chi connectivity index (χ0v) is 16.5. The van der Waals surface area contributed by atoms with Crippen molar-refractivity contribution in [2.75, 3.05) is 23.3 Å². The van der Waals surface area contributed by atoms with Gasteiger partial charge in [-0.15, -0.1) is 0 Å². The van der Waals surface area contributed by atoms with Crippen LogP contribution in [0.3, 0.4) is 0 Å². The Bertz CT molecular complexity index is 1070. The standard InChI is InChI=1S/C18H17F3N4O4S/c1-2-23-15-9-22-8-7-12(15)10-24-11-16(26)25(17(24)27)13-3-5-14(6-4-13)30(28,29)18(19,20)21/h3-9,23H,2,10-11H2,1H3. The van der Waals surface area contributed by atoms with Gasteiger partial charge in [0, 0.05) is 12.7 Å². The van der Waals surface area contributed by atoms with Gasteiger partial charge in [0.05, 0.1) is 29.0 Å². The van der Waals surface area contributed by atoms with E-state index in [1.807, 2.05) is 6.92 Å². The van der Waals surface area contributed by atoms with Crippen LogP contribution in [0.5, 0.6) is 0 Å². The number of halogens is 3. The van der Waals surface area contributed by atoms with Gasteiger partial charge in [0.25, 0.3) is 15.7 Å². The number of nitrogens with zero attached hydrogens (tertiary/aromatic N) is 3. The van der Waals surface area contributed by atoms with E-state index in [1.165, 1.54) is 4.90 Å². The van der Waals surface area contributed by atoms with E-state index in [0.717, 1.165) is 22.6 Å². The summed E-state index contributed by atoms with van der Waals surface area (Å²) in [6, 6.07) is 4.46. The second kappa shape index (κ2) is 7.94. The van der Waals surface area contributed by atoms with Crippen molar-refractivity contribution < 1.29 is 31.2 Å². The minimum atomic E-state index is -5.52. The van der Waals surface area contributed by atoms with Crippen LogP contribution in [0.2, 0.25) is 0 Å². The molecule has 0 atom stereocenters. The van der Waals surface area contributed by atoms with Crippen molar-refractivity contribution in [3.05, 3.63) is 48.3 Å². The summed E-state index contributed by atoms with van der Waals surface area (Å²) >= 11 is 0. The highest BCUT2D eigenvalue weighted by Crippen LogP contribution is 2.32. The van der Waals surface area contributed by atoms with Crippen molar-refractivity contribution in [2.45, 2.75) is 23.9 Å². The molecule has 1 aliphatic rings. The summed E-state index contributed by atoms with van der Waals surface area (Å²) < 4.78 is 60.9. The number of pyridine rings is 1. The summed E-state index contributed by atoms with van der Waals surface area (Å²) in [5.41, 5.74) is -4.02. The van der Waals surface area contributed by atoms with Crippen LogP contribution in [-0.2, 0) is 21.2 Å². The molecule has 2 heterocycles. The highest BCUT2D eigenvalue weighted by Gasteiger charge is 2.47. The molecule has 0 spiro atoms. The van der Waals surface area contributed by atoms with Gasteiger partial charge in [0.2, 0.25) is 0 Å². The number of nitrogens with one attached hydrogen (secondary N) is 1. The molecule has 3 amide bonds. The molecule has 30 heavy (non-hydrogen) atoms. The zero-order chi connectivity index (χ0) is 22.1. The number of amides is 3. The molecule has 0 aliphatic carbocycles. The fourth-order valence-corrected chi connectivity index (χ4v) is 3.71. The van der Waals surface area contributed by atoms with Gasteiger partial charge in [-0.3, -0.25) is 9.78 Å². The number of carbonyl (C=O) groups excluding carboxylic acids is 2. The molecule has 1 aromatic carbocycles. The van der Waals surface area contributed by atoms with Crippen LogP contribution in [0, 0.1) is 0 Å². The van der Waals surface area contributed by atoms with Gasteiger partial charge in [0.1, 0.15) is 6.54 Å². The smallest absolute Gasteiger partial charge is 0.384 e. The van der Waals surface area contributed by atoms with Gasteiger partial charge in [-0.25, -0.2) is 18.1 Å². The van der Waals surface area contributed by atoms with Crippen molar-refractivity contribution in [1.29, 1.82) is 0 Å². The zero-order valence-electron chi connectivity index (χ0n) is 15.7. The Labute approximate surface area is 170 Å². The van der Waals surface area contributed by atoms with Crippen molar-refractivity contribution in [3.8, 4) is 0 Å². The summed E-state index contributed by atoms with van der Waals surface area (Å²) in [4.78, 5) is 30.2. The molecule has 1 fully saturated rings. The van der Waals surface area contributed by atoms with E-state index in [0.29, 0.717) is 24.4 Å². The molecule has 1 aliphatic heterocycles. The van der Waals surface area contributed by atoms with Crippen LogP contribution in [0.15, 0.2) is 47.6 Å². The summed E-state index contributed by atoms with van der Waals surface area (Å²) in [6.07, 6.45) is 3.15. The number of hydrogen-bond donors (Lipinski definition) is 1. The molecule has 160 valence electrons. The summed E-state index contributed by atoms with van der Waals surface area (Å²) in [6.45, 7) is 2.42. The number of anilines is 2. The molecular weight excluding hydrogens is 425 g/mol.